The lowest BCUT2D eigenvalue weighted by Gasteiger charge is -2.27. The molecular formula is C15H21NO3S. The number of ether oxygens (including phenoxy) is 2. The molecule has 110 valence electrons. The van der Waals surface area contributed by atoms with Crippen molar-refractivity contribution in [2.75, 3.05) is 20.0 Å². The average Bonchev–Trinajstić information content (AvgIpc) is 3.28. The molecule has 0 heterocycles. The average molecular weight is 295 g/mol. The number of thioether (sulfide) groups is 1. The van der Waals surface area contributed by atoms with Crippen LogP contribution in [-0.2, 0) is 9.53 Å². The van der Waals surface area contributed by atoms with Crippen LogP contribution in [0.1, 0.15) is 19.8 Å². The third kappa shape index (κ3) is 3.90. The third-order valence-corrected chi connectivity index (χ3v) is 4.65. The van der Waals surface area contributed by atoms with Gasteiger partial charge in [-0.2, -0.15) is 0 Å². The fourth-order valence-electron chi connectivity index (χ4n) is 1.96. The Balaban J connectivity index is 1.97. The zero-order valence-electron chi connectivity index (χ0n) is 12.1. The predicted molar refractivity (Wildman–Crippen MR) is 80.3 cm³/mol. The number of carbonyl (C=O) groups is 1. The van der Waals surface area contributed by atoms with E-state index in [1.807, 2.05) is 31.2 Å². The summed E-state index contributed by atoms with van der Waals surface area (Å²) in [6.45, 7) is 1.91. The molecule has 0 amide bonds. The SMILES string of the molecule is COC(=O)C(C)(CSc1ccc(OC)cc1)NC1CC1. The molecule has 2 rings (SSSR count). The van der Waals surface area contributed by atoms with Crippen LogP contribution < -0.4 is 10.1 Å². The molecule has 1 fully saturated rings. The van der Waals surface area contributed by atoms with E-state index in [1.54, 1.807) is 18.9 Å². The Labute approximate surface area is 124 Å². The lowest BCUT2D eigenvalue weighted by molar-refractivity contribution is -0.147. The fraction of sp³-hybridized carbons (Fsp3) is 0.533. The van der Waals surface area contributed by atoms with E-state index in [9.17, 15) is 4.79 Å². The van der Waals surface area contributed by atoms with Crippen molar-refractivity contribution in [3.63, 3.8) is 0 Å². The van der Waals surface area contributed by atoms with Gasteiger partial charge in [-0.1, -0.05) is 0 Å². The van der Waals surface area contributed by atoms with Gasteiger partial charge in [0.25, 0.3) is 0 Å². The molecule has 4 nitrogen and oxygen atoms in total. The van der Waals surface area contributed by atoms with E-state index in [-0.39, 0.29) is 5.97 Å². The van der Waals surface area contributed by atoms with Gasteiger partial charge >= 0.3 is 5.97 Å². The van der Waals surface area contributed by atoms with Gasteiger partial charge in [0.1, 0.15) is 11.3 Å². The molecule has 20 heavy (non-hydrogen) atoms. The Morgan fingerprint density at radius 2 is 2.00 bits per heavy atom. The summed E-state index contributed by atoms with van der Waals surface area (Å²) in [5.41, 5.74) is -0.638. The highest BCUT2D eigenvalue weighted by atomic mass is 32.2. The summed E-state index contributed by atoms with van der Waals surface area (Å²) >= 11 is 1.64. The molecule has 0 saturated heterocycles. The van der Waals surface area contributed by atoms with E-state index in [4.69, 9.17) is 9.47 Å². The van der Waals surface area contributed by atoms with Gasteiger partial charge in [-0.15, -0.1) is 11.8 Å². The number of carbonyl (C=O) groups excluding carboxylic acids is 1. The quantitative estimate of drug-likeness (QED) is 0.618. The number of benzene rings is 1. The summed E-state index contributed by atoms with van der Waals surface area (Å²) in [6.07, 6.45) is 2.28. The smallest absolute Gasteiger partial charge is 0.326 e. The number of hydrogen-bond donors (Lipinski definition) is 1. The minimum absolute atomic E-state index is 0.203. The minimum atomic E-state index is -0.638. The lowest BCUT2D eigenvalue weighted by Crippen LogP contribution is -2.53. The summed E-state index contributed by atoms with van der Waals surface area (Å²) in [6, 6.07) is 8.30. The number of esters is 1. The van der Waals surface area contributed by atoms with Gasteiger partial charge < -0.3 is 9.47 Å². The van der Waals surface area contributed by atoms with Crippen LogP contribution in [0.4, 0.5) is 0 Å². The molecule has 0 aliphatic heterocycles. The fourth-order valence-corrected chi connectivity index (χ4v) is 2.95. The van der Waals surface area contributed by atoms with E-state index in [0.29, 0.717) is 11.8 Å². The number of rotatable bonds is 7. The van der Waals surface area contributed by atoms with Crippen molar-refractivity contribution in [2.45, 2.75) is 36.2 Å². The van der Waals surface area contributed by atoms with Crippen molar-refractivity contribution < 1.29 is 14.3 Å². The highest BCUT2D eigenvalue weighted by Gasteiger charge is 2.39. The van der Waals surface area contributed by atoms with E-state index in [2.05, 4.69) is 5.32 Å². The number of hydrogen-bond acceptors (Lipinski definition) is 5. The largest absolute Gasteiger partial charge is 0.497 e. The number of nitrogens with one attached hydrogen (secondary N) is 1. The first-order chi connectivity index (χ1) is 9.57. The highest BCUT2D eigenvalue weighted by Crippen LogP contribution is 2.29. The van der Waals surface area contributed by atoms with Crippen molar-refractivity contribution in [3.8, 4) is 5.75 Å². The van der Waals surface area contributed by atoms with Crippen molar-refractivity contribution in [3.05, 3.63) is 24.3 Å². The van der Waals surface area contributed by atoms with Gasteiger partial charge in [0.2, 0.25) is 0 Å². The molecule has 1 atom stereocenters. The van der Waals surface area contributed by atoms with Crippen LogP contribution in [0.25, 0.3) is 0 Å². The summed E-state index contributed by atoms with van der Waals surface area (Å²) in [5.74, 6) is 1.27. The van der Waals surface area contributed by atoms with Crippen molar-refractivity contribution in [1.82, 2.24) is 5.32 Å². The van der Waals surface area contributed by atoms with Crippen molar-refractivity contribution >= 4 is 17.7 Å². The summed E-state index contributed by atoms with van der Waals surface area (Å²) in [5, 5.41) is 3.39. The molecule has 1 N–H and O–H groups in total. The topological polar surface area (TPSA) is 47.6 Å². The lowest BCUT2D eigenvalue weighted by atomic mass is 10.1. The van der Waals surface area contributed by atoms with Crippen LogP contribution in [0.15, 0.2) is 29.2 Å². The van der Waals surface area contributed by atoms with E-state index < -0.39 is 5.54 Å². The van der Waals surface area contributed by atoms with E-state index in [1.165, 1.54) is 7.11 Å². The molecule has 1 aliphatic rings. The van der Waals surface area contributed by atoms with Gasteiger partial charge in [0.15, 0.2) is 0 Å². The van der Waals surface area contributed by atoms with Crippen molar-refractivity contribution in [1.29, 1.82) is 0 Å². The molecular weight excluding hydrogens is 274 g/mol. The van der Waals surface area contributed by atoms with Crippen LogP contribution in [0.5, 0.6) is 5.75 Å². The first kappa shape index (κ1) is 15.2. The monoisotopic (exact) mass is 295 g/mol. The molecule has 1 saturated carbocycles. The van der Waals surface area contributed by atoms with Gasteiger partial charge in [-0.25, -0.2) is 0 Å². The summed E-state index contributed by atoms with van der Waals surface area (Å²) in [7, 11) is 3.09. The van der Waals surface area contributed by atoms with Gasteiger partial charge in [-0.05, 0) is 44.0 Å². The number of methoxy groups -OCH3 is 2. The van der Waals surface area contributed by atoms with E-state index >= 15 is 0 Å². The molecule has 1 aliphatic carbocycles. The molecule has 1 aromatic rings. The second kappa shape index (κ2) is 6.50. The Morgan fingerprint density at radius 3 is 2.50 bits per heavy atom. The van der Waals surface area contributed by atoms with E-state index in [0.717, 1.165) is 23.5 Å². The zero-order valence-corrected chi connectivity index (χ0v) is 13.0. The van der Waals surface area contributed by atoms with Crippen molar-refractivity contribution in [2.24, 2.45) is 0 Å². The van der Waals surface area contributed by atoms with Gasteiger partial charge in [-0.3, -0.25) is 10.1 Å². The first-order valence-electron chi connectivity index (χ1n) is 6.70. The van der Waals surface area contributed by atoms with Crippen LogP contribution in [0.3, 0.4) is 0 Å². The maximum atomic E-state index is 12.0. The highest BCUT2D eigenvalue weighted by molar-refractivity contribution is 7.99. The predicted octanol–water partition coefficient (Wildman–Crippen LogP) is 2.47. The van der Waals surface area contributed by atoms with Gasteiger partial charge in [0, 0.05) is 16.7 Å². The molecule has 5 heteroatoms. The van der Waals surface area contributed by atoms with Gasteiger partial charge in [0.05, 0.1) is 14.2 Å². The normalized spacial score (nSPS) is 17.4. The van der Waals surface area contributed by atoms with Crippen LogP contribution in [-0.4, -0.2) is 37.5 Å². The molecule has 0 aromatic heterocycles. The van der Waals surface area contributed by atoms with Crippen LogP contribution >= 0.6 is 11.8 Å². The second-order valence-electron chi connectivity index (χ2n) is 5.21. The minimum Gasteiger partial charge on any atom is -0.497 e. The third-order valence-electron chi connectivity index (χ3n) is 3.32. The zero-order chi connectivity index (χ0) is 14.6. The summed E-state index contributed by atoms with van der Waals surface area (Å²) in [4.78, 5) is 13.1. The Kier molecular flexibility index (Phi) is 4.94. The maximum Gasteiger partial charge on any atom is 0.326 e. The molecule has 1 unspecified atom stereocenters. The molecule has 0 bridgehead atoms. The maximum absolute atomic E-state index is 12.0. The summed E-state index contributed by atoms with van der Waals surface area (Å²) < 4.78 is 10.1. The second-order valence-corrected chi connectivity index (χ2v) is 6.26. The molecule has 0 spiro atoms. The van der Waals surface area contributed by atoms with Crippen LogP contribution in [0, 0.1) is 0 Å². The molecule has 0 radical (unpaired) electrons. The first-order valence-corrected chi connectivity index (χ1v) is 7.69. The Hall–Kier alpha value is -1.20. The Bertz CT molecular complexity index is 459. The Morgan fingerprint density at radius 1 is 1.35 bits per heavy atom. The van der Waals surface area contributed by atoms with Crippen LogP contribution in [0.2, 0.25) is 0 Å². The molecule has 1 aromatic carbocycles. The standard InChI is InChI=1S/C15H21NO3S/c1-15(14(17)19-3,16-11-4-5-11)10-20-13-8-6-12(18-2)7-9-13/h6-9,11,16H,4-5,10H2,1-3H3.